The van der Waals surface area contributed by atoms with Gasteiger partial charge in [0, 0.05) is 12.5 Å². The number of fused-ring (bicyclic) bond motifs is 6. The lowest BCUT2D eigenvalue weighted by Gasteiger charge is -2.48. The maximum Gasteiger partial charge on any atom is 0.209 e. The summed E-state index contributed by atoms with van der Waals surface area (Å²) in [5.41, 5.74) is 0.00990. The van der Waals surface area contributed by atoms with E-state index in [0.717, 1.165) is 25.7 Å². The Hall–Kier alpha value is -1.02. The van der Waals surface area contributed by atoms with Crippen LogP contribution in [-0.4, -0.2) is 52.0 Å². The third kappa shape index (κ3) is 2.59. The molecule has 4 atom stereocenters. The van der Waals surface area contributed by atoms with Crippen LogP contribution in [0.1, 0.15) is 39.0 Å². The summed E-state index contributed by atoms with van der Waals surface area (Å²) >= 11 is 0. The molecule has 3 aliphatic rings. The average Bonchev–Trinajstić information content (AvgIpc) is 2.88. The minimum Gasteiger partial charge on any atom is -0.734 e. The molecule has 21 heavy (non-hydrogen) atoms. The molecular formula is C14H23N2O5-. The number of hydrogen-bond acceptors (Lipinski definition) is 7. The number of hydrogen-bond donors (Lipinski definition) is 2. The lowest BCUT2D eigenvalue weighted by atomic mass is 9.85. The summed E-state index contributed by atoms with van der Waals surface area (Å²) in [7, 11) is 0. The van der Waals surface area contributed by atoms with Gasteiger partial charge in [0.05, 0.1) is 24.4 Å². The molecule has 3 heterocycles. The highest BCUT2D eigenvalue weighted by Gasteiger charge is 2.52. The lowest BCUT2D eigenvalue weighted by molar-refractivity contribution is -0.167. The van der Waals surface area contributed by atoms with Crippen molar-refractivity contribution in [1.82, 2.24) is 10.1 Å². The van der Waals surface area contributed by atoms with Crippen LogP contribution in [0.3, 0.4) is 0 Å². The molecule has 7 nitrogen and oxygen atoms in total. The van der Waals surface area contributed by atoms with Gasteiger partial charge in [-0.15, -0.1) is 0 Å². The number of aliphatic hydroxyl groups is 1. The van der Waals surface area contributed by atoms with Gasteiger partial charge >= 0.3 is 0 Å². The topological polar surface area (TPSA) is 88.5 Å². The molecule has 2 N–H and O–H groups in total. The Kier molecular flexibility index (Phi) is 4.26. The first-order valence-corrected chi connectivity index (χ1v) is 7.76. The fourth-order valence-electron chi connectivity index (χ4n) is 3.62. The van der Waals surface area contributed by atoms with Gasteiger partial charge in [-0.1, -0.05) is 26.2 Å². The SMILES string of the molecule is CCCCCCN1C(O)=C(N([O-])O)C2CC1C1OCC2O1. The first-order valence-electron chi connectivity index (χ1n) is 7.76. The van der Waals surface area contributed by atoms with Crippen molar-refractivity contribution in [2.45, 2.75) is 57.5 Å². The van der Waals surface area contributed by atoms with Crippen LogP contribution in [-0.2, 0) is 9.47 Å². The van der Waals surface area contributed by atoms with Gasteiger partial charge in [0.2, 0.25) is 5.88 Å². The Labute approximate surface area is 124 Å². The first-order chi connectivity index (χ1) is 10.1. The van der Waals surface area contributed by atoms with Crippen LogP contribution in [0.5, 0.6) is 0 Å². The molecular weight excluding hydrogens is 276 g/mol. The molecule has 0 aromatic heterocycles. The molecule has 3 rings (SSSR count). The second-order valence-corrected chi connectivity index (χ2v) is 6.02. The summed E-state index contributed by atoms with van der Waals surface area (Å²) in [6.07, 6.45) is 4.34. The van der Waals surface area contributed by atoms with E-state index in [9.17, 15) is 15.5 Å². The normalized spacial score (nSPS) is 34.5. The van der Waals surface area contributed by atoms with Crippen molar-refractivity contribution < 1.29 is 19.8 Å². The fourth-order valence-corrected chi connectivity index (χ4v) is 3.62. The minimum atomic E-state index is -0.347. The van der Waals surface area contributed by atoms with E-state index in [0.29, 0.717) is 19.6 Å². The highest BCUT2D eigenvalue weighted by molar-refractivity contribution is 5.19. The molecule has 0 radical (unpaired) electrons. The molecule has 2 saturated heterocycles. The molecule has 0 aromatic rings. The van der Waals surface area contributed by atoms with Gasteiger partial charge in [0.25, 0.3) is 0 Å². The summed E-state index contributed by atoms with van der Waals surface area (Å²) in [6, 6.07) is -0.0842. The van der Waals surface area contributed by atoms with Crippen LogP contribution >= 0.6 is 0 Å². The zero-order chi connectivity index (χ0) is 15.0. The van der Waals surface area contributed by atoms with Crippen molar-refractivity contribution in [2.75, 3.05) is 13.2 Å². The lowest BCUT2D eigenvalue weighted by Crippen LogP contribution is -2.55. The highest BCUT2D eigenvalue weighted by Crippen LogP contribution is 2.44. The number of unbranched alkanes of at least 4 members (excludes halogenated alkanes) is 3. The van der Waals surface area contributed by atoms with E-state index in [1.54, 1.807) is 4.90 Å². The second kappa shape index (κ2) is 6.00. The highest BCUT2D eigenvalue weighted by atomic mass is 16.8. The van der Waals surface area contributed by atoms with Crippen molar-refractivity contribution in [2.24, 2.45) is 5.92 Å². The maximum atomic E-state index is 11.4. The Morgan fingerprint density at radius 1 is 1.38 bits per heavy atom. The smallest absolute Gasteiger partial charge is 0.209 e. The molecule has 4 unspecified atom stereocenters. The van der Waals surface area contributed by atoms with Gasteiger partial charge in [-0.2, -0.15) is 0 Å². The summed E-state index contributed by atoms with van der Waals surface area (Å²) in [5, 5.41) is 31.0. The summed E-state index contributed by atoms with van der Waals surface area (Å²) < 4.78 is 11.4. The zero-order valence-corrected chi connectivity index (χ0v) is 12.3. The third-order valence-electron chi connectivity index (χ3n) is 4.70. The van der Waals surface area contributed by atoms with Gasteiger partial charge in [-0.3, -0.25) is 5.21 Å². The van der Waals surface area contributed by atoms with Crippen LogP contribution in [0.15, 0.2) is 11.6 Å². The van der Waals surface area contributed by atoms with Crippen molar-refractivity contribution in [3.8, 4) is 0 Å². The van der Waals surface area contributed by atoms with E-state index >= 15 is 0 Å². The van der Waals surface area contributed by atoms with E-state index in [1.165, 1.54) is 0 Å². The summed E-state index contributed by atoms with van der Waals surface area (Å²) in [6.45, 7) is 3.18. The molecule has 0 saturated carbocycles. The number of nitrogens with zero attached hydrogens (tertiary/aromatic N) is 2. The van der Waals surface area contributed by atoms with Crippen molar-refractivity contribution >= 4 is 0 Å². The molecule has 0 spiro atoms. The van der Waals surface area contributed by atoms with Crippen LogP contribution in [0, 0.1) is 11.1 Å². The van der Waals surface area contributed by atoms with Crippen LogP contribution in [0.25, 0.3) is 0 Å². The summed E-state index contributed by atoms with van der Waals surface area (Å²) in [4.78, 5) is 1.76. The predicted molar refractivity (Wildman–Crippen MR) is 74.0 cm³/mol. The molecule has 3 aliphatic heterocycles. The van der Waals surface area contributed by atoms with Gasteiger partial charge in [-0.25, -0.2) is 0 Å². The minimum absolute atomic E-state index is 0.00990. The van der Waals surface area contributed by atoms with E-state index < -0.39 is 0 Å². The van der Waals surface area contributed by atoms with Gasteiger partial charge in [0.1, 0.15) is 0 Å². The second-order valence-electron chi connectivity index (χ2n) is 6.02. The van der Waals surface area contributed by atoms with Gasteiger partial charge in [-0.05, 0) is 12.8 Å². The van der Waals surface area contributed by atoms with E-state index in [1.807, 2.05) is 0 Å². The maximum absolute atomic E-state index is 11.4. The quantitative estimate of drug-likeness (QED) is 0.572. The van der Waals surface area contributed by atoms with Crippen LogP contribution < -0.4 is 0 Å². The van der Waals surface area contributed by atoms with Crippen LogP contribution in [0.4, 0.5) is 0 Å². The molecule has 0 aliphatic carbocycles. The standard InChI is InChI=1S/C14H23N2O5/c1-2-3-4-5-6-15-10-7-9(11-8-20-14(10)21-11)12(13(15)17)16(18)19/h9-11,14,17-18H,2-8H2,1H3/q-1. The Morgan fingerprint density at radius 3 is 2.90 bits per heavy atom. The Bertz CT molecular complexity index is 414. The van der Waals surface area contributed by atoms with Crippen molar-refractivity contribution in [3.05, 3.63) is 16.8 Å². The monoisotopic (exact) mass is 299 g/mol. The van der Waals surface area contributed by atoms with Gasteiger partial charge < -0.3 is 29.9 Å². The van der Waals surface area contributed by atoms with Crippen molar-refractivity contribution in [3.63, 3.8) is 0 Å². The Morgan fingerprint density at radius 2 is 2.19 bits per heavy atom. The molecule has 4 bridgehead atoms. The predicted octanol–water partition coefficient (Wildman–Crippen LogP) is 1.93. The van der Waals surface area contributed by atoms with E-state index in [-0.39, 0.29) is 41.2 Å². The van der Waals surface area contributed by atoms with E-state index in [2.05, 4.69) is 6.92 Å². The van der Waals surface area contributed by atoms with Gasteiger partial charge in [0.15, 0.2) is 6.29 Å². The molecule has 0 aromatic carbocycles. The van der Waals surface area contributed by atoms with Crippen LogP contribution in [0.2, 0.25) is 0 Å². The largest absolute Gasteiger partial charge is 0.734 e. The first kappa shape index (κ1) is 14.9. The summed E-state index contributed by atoms with van der Waals surface area (Å²) in [5.74, 6) is -0.419. The molecule has 2 fully saturated rings. The Balaban J connectivity index is 1.80. The zero-order valence-electron chi connectivity index (χ0n) is 12.3. The number of ether oxygens (including phenoxy) is 2. The van der Waals surface area contributed by atoms with Crippen molar-refractivity contribution in [1.29, 1.82) is 0 Å². The number of rotatable bonds is 6. The molecule has 120 valence electrons. The number of hydroxylamine groups is 2. The molecule has 0 amide bonds. The number of aliphatic hydroxyl groups excluding tert-OH is 1. The fraction of sp³-hybridized carbons (Fsp3) is 0.857. The average molecular weight is 299 g/mol. The van der Waals surface area contributed by atoms with E-state index in [4.69, 9.17) is 9.47 Å². The molecule has 7 heteroatoms. The third-order valence-corrected chi connectivity index (χ3v) is 4.70.